The summed E-state index contributed by atoms with van der Waals surface area (Å²) in [5, 5.41) is 0. The van der Waals surface area contributed by atoms with Crippen molar-refractivity contribution in [2.75, 3.05) is 13.2 Å². The minimum absolute atomic E-state index is 0.269. The van der Waals surface area contributed by atoms with E-state index in [-0.39, 0.29) is 23.8 Å². The van der Waals surface area contributed by atoms with Gasteiger partial charge in [-0.15, -0.1) is 0 Å². The molecule has 0 N–H and O–H groups in total. The van der Waals surface area contributed by atoms with E-state index in [1.165, 1.54) is 12.8 Å². The van der Waals surface area contributed by atoms with Crippen LogP contribution in [0.1, 0.15) is 112 Å². The Morgan fingerprint density at radius 1 is 0.586 bits per heavy atom. The van der Waals surface area contributed by atoms with E-state index in [4.69, 9.17) is 9.47 Å². The number of hydrogen-bond acceptors (Lipinski definition) is 4. The number of carbonyl (C=O) groups excluding carboxylic acids is 2. The van der Waals surface area contributed by atoms with Crippen LogP contribution in [-0.2, 0) is 19.1 Å². The van der Waals surface area contributed by atoms with Crippen molar-refractivity contribution in [3.05, 3.63) is 11.1 Å². The third-order valence-electron chi connectivity index (χ3n) is 4.76. The fraction of sp³-hybridized carbons (Fsp3) is 0.840. The molecule has 0 aliphatic rings. The van der Waals surface area contributed by atoms with Crippen LogP contribution in [0.25, 0.3) is 0 Å². The predicted molar refractivity (Wildman–Crippen MR) is 121 cm³/mol. The molecule has 0 saturated carbocycles. The van der Waals surface area contributed by atoms with Gasteiger partial charge in [0.1, 0.15) is 0 Å². The molecular weight excluding hydrogens is 364 g/mol. The summed E-state index contributed by atoms with van der Waals surface area (Å²) in [5.41, 5.74) is 1.10. The number of carbonyl (C=O) groups is 2. The van der Waals surface area contributed by atoms with Crippen LogP contribution in [0.4, 0.5) is 0 Å². The lowest BCUT2D eigenvalue weighted by Gasteiger charge is -2.16. The molecule has 0 bridgehead atoms. The van der Waals surface area contributed by atoms with E-state index < -0.39 is 0 Å². The molecule has 0 aromatic rings. The lowest BCUT2D eigenvalue weighted by atomic mass is 9.96. The van der Waals surface area contributed by atoms with E-state index in [2.05, 4.69) is 13.8 Å². The predicted octanol–water partition coefficient (Wildman–Crippen LogP) is 7.01. The van der Waals surface area contributed by atoms with Gasteiger partial charge >= 0.3 is 11.9 Å². The second-order valence-corrected chi connectivity index (χ2v) is 8.92. The Kier molecular flexibility index (Phi) is 16.7. The standard InChI is InChI=1S/C25H46O4/c1-7-9-11-13-15-17-23(25(27)29-19-21(5)6)22(16-14-12-10-8-2)24(26)28-18-20(3)4/h20-21H,7-19H2,1-6H3. The monoisotopic (exact) mass is 410 g/mol. The molecule has 0 aliphatic heterocycles. The molecule has 0 aliphatic carbocycles. The highest BCUT2D eigenvalue weighted by Crippen LogP contribution is 2.23. The summed E-state index contributed by atoms with van der Waals surface area (Å²) >= 11 is 0. The molecule has 0 atom stereocenters. The highest BCUT2D eigenvalue weighted by atomic mass is 16.5. The van der Waals surface area contributed by atoms with Crippen molar-refractivity contribution in [2.24, 2.45) is 11.8 Å². The van der Waals surface area contributed by atoms with Crippen molar-refractivity contribution in [3.8, 4) is 0 Å². The molecule has 0 aromatic carbocycles. The van der Waals surface area contributed by atoms with Gasteiger partial charge in [-0.3, -0.25) is 0 Å². The zero-order chi connectivity index (χ0) is 22.1. The highest BCUT2D eigenvalue weighted by Gasteiger charge is 2.23. The van der Waals surface area contributed by atoms with E-state index in [0.717, 1.165) is 44.9 Å². The topological polar surface area (TPSA) is 52.6 Å². The fourth-order valence-electron chi connectivity index (χ4n) is 3.05. The molecule has 0 spiro atoms. The zero-order valence-electron chi connectivity index (χ0n) is 20.0. The number of ether oxygens (including phenoxy) is 2. The molecular formula is C25H46O4. The average molecular weight is 411 g/mol. The third kappa shape index (κ3) is 14.3. The Bertz CT molecular complexity index is 477. The van der Waals surface area contributed by atoms with Gasteiger partial charge in [-0.25, -0.2) is 9.59 Å². The fourth-order valence-corrected chi connectivity index (χ4v) is 3.05. The maximum atomic E-state index is 12.9. The quantitative estimate of drug-likeness (QED) is 0.147. The zero-order valence-corrected chi connectivity index (χ0v) is 20.0. The van der Waals surface area contributed by atoms with Crippen molar-refractivity contribution in [1.29, 1.82) is 0 Å². The summed E-state index contributed by atoms with van der Waals surface area (Å²) in [6.07, 6.45) is 10.9. The van der Waals surface area contributed by atoms with Crippen LogP contribution >= 0.6 is 0 Å². The lowest BCUT2D eigenvalue weighted by Crippen LogP contribution is -2.20. The Balaban J connectivity index is 5.44. The number of rotatable bonds is 17. The number of esters is 2. The van der Waals surface area contributed by atoms with Gasteiger partial charge in [0.15, 0.2) is 0 Å². The van der Waals surface area contributed by atoms with Gasteiger partial charge < -0.3 is 9.47 Å². The minimum atomic E-state index is -0.333. The molecule has 0 radical (unpaired) electrons. The summed E-state index contributed by atoms with van der Waals surface area (Å²) in [6, 6.07) is 0. The molecule has 0 rings (SSSR count). The van der Waals surface area contributed by atoms with Crippen molar-refractivity contribution in [1.82, 2.24) is 0 Å². The van der Waals surface area contributed by atoms with E-state index in [1.807, 2.05) is 27.7 Å². The molecule has 0 amide bonds. The average Bonchev–Trinajstić information content (AvgIpc) is 2.68. The smallest absolute Gasteiger partial charge is 0.334 e. The van der Waals surface area contributed by atoms with Crippen molar-refractivity contribution < 1.29 is 19.1 Å². The van der Waals surface area contributed by atoms with Crippen LogP contribution in [-0.4, -0.2) is 25.2 Å². The molecule has 4 nitrogen and oxygen atoms in total. The van der Waals surface area contributed by atoms with Crippen LogP contribution in [0.2, 0.25) is 0 Å². The minimum Gasteiger partial charge on any atom is -0.462 e. The first kappa shape index (κ1) is 27.7. The van der Waals surface area contributed by atoms with Crippen LogP contribution in [0.5, 0.6) is 0 Å². The van der Waals surface area contributed by atoms with E-state index in [9.17, 15) is 9.59 Å². The Morgan fingerprint density at radius 2 is 0.931 bits per heavy atom. The summed E-state index contributed by atoms with van der Waals surface area (Å²) in [6.45, 7) is 13.2. The third-order valence-corrected chi connectivity index (χ3v) is 4.76. The summed E-state index contributed by atoms with van der Waals surface area (Å²) in [5.74, 6) is -0.127. The van der Waals surface area contributed by atoms with Crippen LogP contribution in [0.15, 0.2) is 11.1 Å². The van der Waals surface area contributed by atoms with Crippen molar-refractivity contribution >= 4 is 11.9 Å². The van der Waals surface area contributed by atoms with E-state index in [0.29, 0.717) is 37.2 Å². The van der Waals surface area contributed by atoms with E-state index in [1.54, 1.807) is 0 Å². The maximum absolute atomic E-state index is 12.9. The molecule has 0 aromatic heterocycles. The Labute approximate surface area is 179 Å². The van der Waals surface area contributed by atoms with E-state index >= 15 is 0 Å². The molecule has 0 saturated heterocycles. The first-order chi connectivity index (χ1) is 13.8. The number of hydrogen-bond donors (Lipinski definition) is 0. The molecule has 0 fully saturated rings. The van der Waals surface area contributed by atoms with Gasteiger partial charge in [0.2, 0.25) is 0 Å². The second-order valence-electron chi connectivity index (χ2n) is 8.92. The highest BCUT2D eigenvalue weighted by molar-refractivity contribution is 6.00. The van der Waals surface area contributed by atoms with Gasteiger partial charge in [0, 0.05) is 11.1 Å². The molecule has 0 unspecified atom stereocenters. The normalized spacial score (nSPS) is 12.3. The van der Waals surface area contributed by atoms with Gasteiger partial charge in [-0.1, -0.05) is 86.5 Å². The second kappa shape index (κ2) is 17.5. The molecule has 170 valence electrons. The molecule has 0 heterocycles. The summed E-state index contributed by atoms with van der Waals surface area (Å²) in [7, 11) is 0. The lowest BCUT2D eigenvalue weighted by molar-refractivity contribution is -0.143. The Morgan fingerprint density at radius 3 is 1.28 bits per heavy atom. The Hall–Kier alpha value is -1.32. The van der Waals surface area contributed by atoms with Crippen LogP contribution in [0, 0.1) is 11.8 Å². The van der Waals surface area contributed by atoms with Crippen molar-refractivity contribution in [2.45, 2.75) is 112 Å². The largest absolute Gasteiger partial charge is 0.462 e. The van der Waals surface area contributed by atoms with Gasteiger partial charge in [0.05, 0.1) is 13.2 Å². The van der Waals surface area contributed by atoms with Crippen molar-refractivity contribution in [3.63, 3.8) is 0 Å². The van der Waals surface area contributed by atoms with Crippen LogP contribution < -0.4 is 0 Å². The summed E-state index contributed by atoms with van der Waals surface area (Å²) < 4.78 is 11.0. The van der Waals surface area contributed by atoms with Gasteiger partial charge in [-0.05, 0) is 37.5 Å². The molecule has 29 heavy (non-hydrogen) atoms. The van der Waals surface area contributed by atoms with Crippen LogP contribution in [0.3, 0.4) is 0 Å². The first-order valence-corrected chi connectivity index (χ1v) is 11.9. The molecule has 4 heteroatoms. The first-order valence-electron chi connectivity index (χ1n) is 11.9. The SMILES string of the molecule is CCCCCCCC(C(=O)OCC(C)C)=C(CCCCCC)C(=O)OCC(C)C. The van der Waals surface area contributed by atoms with Gasteiger partial charge in [0.25, 0.3) is 0 Å². The van der Waals surface area contributed by atoms with Gasteiger partial charge in [-0.2, -0.15) is 0 Å². The maximum Gasteiger partial charge on any atom is 0.334 e. The number of unbranched alkanes of at least 4 members (excludes halogenated alkanes) is 7. The summed E-state index contributed by atoms with van der Waals surface area (Å²) in [4.78, 5) is 25.7.